The fourth-order valence-electron chi connectivity index (χ4n) is 2.80. The second-order valence-electron chi connectivity index (χ2n) is 6.29. The smallest absolute Gasteiger partial charge is 0.251 e. The Kier molecular flexibility index (Phi) is 6.36. The molecule has 6 nitrogen and oxygen atoms in total. The van der Waals surface area contributed by atoms with Gasteiger partial charge < -0.3 is 10.6 Å². The Morgan fingerprint density at radius 3 is 2.54 bits per heavy atom. The molecule has 0 aromatic heterocycles. The molecule has 0 atom stereocenters. The summed E-state index contributed by atoms with van der Waals surface area (Å²) in [6.45, 7) is 0.0658. The van der Waals surface area contributed by atoms with Crippen LogP contribution in [0.2, 0.25) is 0 Å². The van der Waals surface area contributed by atoms with E-state index in [1.165, 1.54) is 6.42 Å². The summed E-state index contributed by atoms with van der Waals surface area (Å²) in [6.07, 6.45) is 6.31. The van der Waals surface area contributed by atoms with Crippen LogP contribution in [-0.2, 0) is 14.6 Å². The molecule has 0 bridgehead atoms. The van der Waals surface area contributed by atoms with E-state index in [0.717, 1.165) is 31.9 Å². The normalized spacial score (nSPS) is 15.7. The number of carbonyl (C=O) groups is 2. The lowest BCUT2D eigenvalue weighted by molar-refractivity contribution is -0.120. The van der Waals surface area contributed by atoms with E-state index >= 15 is 0 Å². The summed E-state index contributed by atoms with van der Waals surface area (Å²) < 4.78 is 22.2. The van der Waals surface area contributed by atoms with Crippen LogP contribution in [0.4, 0.5) is 5.69 Å². The molecule has 2 N–H and O–H groups in total. The predicted octanol–water partition coefficient (Wildman–Crippen LogP) is 1.98. The molecule has 0 aliphatic heterocycles. The van der Waals surface area contributed by atoms with Gasteiger partial charge in [-0.05, 0) is 31.0 Å². The van der Waals surface area contributed by atoms with E-state index in [0.29, 0.717) is 11.3 Å². The summed E-state index contributed by atoms with van der Waals surface area (Å²) in [5.74, 6) is -0.403. The van der Waals surface area contributed by atoms with E-state index in [2.05, 4.69) is 10.6 Å². The third-order valence-electron chi connectivity index (χ3n) is 4.13. The summed E-state index contributed by atoms with van der Waals surface area (Å²) in [4.78, 5) is 24.3. The lowest BCUT2D eigenvalue weighted by Gasteiger charge is -2.20. The van der Waals surface area contributed by atoms with Gasteiger partial charge in [-0.25, -0.2) is 8.42 Å². The van der Waals surface area contributed by atoms with Crippen molar-refractivity contribution in [1.29, 1.82) is 0 Å². The topological polar surface area (TPSA) is 92.3 Å². The van der Waals surface area contributed by atoms with Gasteiger partial charge in [0.05, 0.1) is 5.75 Å². The zero-order valence-corrected chi connectivity index (χ0v) is 14.7. The molecular weight excluding hydrogens is 328 g/mol. The fourth-order valence-corrected chi connectivity index (χ4v) is 3.27. The van der Waals surface area contributed by atoms with Gasteiger partial charge in [-0.15, -0.1) is 0 Å². The molecule has 2 rings (SSSR count). The number of carbonyl (C=O) groups excluding carboxylic acids is 2. The zero-order valence-electron chi connectivity index (χ0n) is 13.9. The summed E-state index contributed by atoms with van der Waals surface area (Å²) in [7, 11) is -3.11. The Hall–Kier alpha value is -1.89. The third kappa shape index (κ3) is 5.96. The average Bonchev–Trinajstić information content (AvgIpc) is 2.54. The minimum Gasteiger partial charge on any atom is -0.351 e. The summed E-state index contributed by atoms with van der Waals surface area (Å²) in [6, 6.07) is 6.68. The molecule has 0 heterocycles. The first-order valence-corrected chi connectivity index (χ1v) is 10.3. The van der Waals surface area contributed by atoms with Crippen LogP contribution < -0.4 is 10.6 Å². The highest BCUT2D eigenvalue weighted by Gasteiger charge is 2.21. The second kappa shape index (κ2) is 8.28. The number of anilines is 1. The lowest BCUT2D eigenvalue weighted by Crippen LogP contribution is -2.29. The maximum Gasteiger partial charge on any atom is 0.251 e. The third-order valence-corrected chi connectivity index (χ3v) is 5.07. The van der Waals surface area contributed by atoms with E-state index in [1.54, 1.807) is 24.3 Å². The van der Waals surface area contributed by atoms with Crippen molar-refractivity contribution >= 4 is 27.3 Å². The fraction of sp³-hybridized carbons (Fsp3) is 0.529. The molecule has 1 aromatic carbocycles. The molecule has 1 aromatic rings. The maximum absolute atomic E-state index is 12.3. The first kappa shape index (κ1) is 18.4. The van der Waals surface area contributed by atoms with Crippen molar-refractivity contribution in [2.75, 3.05) is 23.9 Å². The molecule has 1 aliphatic carbocycles. The molecule has 7 heteroatoms. The van der Waals surface area contributed by atoms with Crippen LogP contribution in [0, 0.1) is 5.92 Å². The van der Waals surface area contributed by atoms with Crippen molar-refractivity contribution in [1.82, 2.24) is 5.32 Å². The highest BCUT2D eigenvalue weighted by molar-refractivity contribution is 7.90. The molecule has 1 aliphatic rings. The molecule has 1 fully saturated rings. The quantitative estimate of drug-likeness (QED) is 0.819. The van der Waals surface area contributed by atoms with Gasteiger partial charge in [0, 0.05) is 30.0 Å². The number of sulfone groups is 1. The number of benzene rings is 1. The van der Waals surface area contributed by atoms with Gasteiger partial charge in [0.1, 0.15) is 9.84 Å². The van der Waals surface area contributed by atoms with Gasteiger partial charge in [-0.2, -0.15) is 0 Å². The van der Waals surface area contributed by atoms with Crippen molar-refractivity contribution < 1.29 is 18.0 Å². The number of hydrogen-bond acceptors (Lipinski definition) is 4. The highest BCUT2D eigenvalue weighted by Crippen LogP contribution is 2.25. The number of hydrogen-bond donors (Lipinski definition) is 2. The average molecular weight is 352 g/mol. The summed E-state index contributed by atoms with van der Waals surface area (Å²) in [5.41, 5.74) is 0.978. The van der Waals surface area contributed by atoms with Crippen LogP contribution in [-0.4, -0.2) is 38.8 Å². The number of nitrogens with one attached hydrogen (secondary N) is 2. The summed E-state index contributed by atoms with van der Waals surface area (Å²) >= 11 is 0. The van der Waals surface area contributed by atoms with E-state index in [9.17, 15) is 18.0 Å². The standard InChI is InChI=1S/C17H24N2O4S/c1-24(22,23)11-10-18-16(20)14-8-5-9-15(12-14)19-17(21)13-6-3-2-4-7-13/h5,8-9,12-13H,2-4,6-7,10-11H2,1H3,(H,18,20)(H,19,21). The molecule has 132 valence electrons. The first-order valence-electron chi connectivity index (χ1n) is 8.22. The first-order chi connectivity index (χ1) is 11.3. The molecular formula is C17H24N2O4S. The monoisotopic (exact) mass is 352 g/mol. The molecule has 0 radical (unpaired) electrons. The largest absolute Gasteiger partial charge is 0.351 e. The van der Waals surface area contributed by atoms with E-state index in [-0.39, 0.29) is 30.0 Å². The van der Waals surface area contributed by atoms with Gasteiger partial charge in [-0.3, -0.25) is 9.59 Å². The molecule has 0 unspecified atom stereocenters. The Morgan fingerprint density at radius 1 is 1.17 bits per heavy atom. The zero-order chi connectivity index (χ0) is 17.6. The van der Waals surface area contributed by atoms with Crippen molar-refractivity contribution in [3.8, 4) is 0 Å². The Balaban J connectivity index is 1.92. The van der Waals surface area contributed by atoms with Gasteiger partial charge >= 0.3 is 0 Å². The number of rotatable bonds is 6. The van der Waals surface area contributed by atoms with Crippen molar-refractivity contribution in [2.24, 2.45) is 5.92 Å². The van der Waals surface area contributed by atoms with Gasteiger partial charge in [0.2, 0.25) is 5.91 Å². The van der Waals surface area contributed by atoms with Gasteiger partial charge in [0.25, 0.3) is 5.91 Å². The van der Waals surface area contributed by atoms with Crippen LogP contribution in [0.3, 0.4) is 0 Å². The lowest BCUT2D eigenvalue weighted by atomic mass is 9.88. The van der Waals surface area contributed by atoms with Crippen LogP contribution in [0.5, 0.6) is 0 Å². The van der Waals surface area contributed by atoms with Crippen molar-refractivity contribution in [3.63, 3.8) is 0 Å². The van der Waals surface area contributed by atoms with Crippen molar-refractivity contribution in [3.05, 3.63) is 29.8 Å². The molecule has 0 saturated heterocycles. The Labute approximate surface area is 142 Å². The Bertz CT molecular complexity index is 694. The van der Waals surface area contributed by atoms with E-state index in [1.807, 2.05) is 0 Å². The van der Waals surface area contributed by atoms with Gasteiger partial charge in [-0.1, -0.05) is 25.3 Å². The number of amides is 2. The SMILES string of the molecule is CS(=O)(=O)CCNC(=O)c1cccc(NC(=O)C2CCCCC2)c1. The maximum atomic E-state index is 12.3. The van der Waals surface area contributed by atoms with Crippen LogP contribution in [0.25, 0.3) is 0 Å². The highest BCUT2D eigenvalue weighted by atomic mass is 32.2. The van der Waals surface area contributed by atoms with Crippen LogP contribution >= 0.6 is 0 Å². The van der Waals surface area contributed by atoms with Crippen LogP contribution in [0.1, 0.15) is 42.5 Å². The predicted molar refractivity (Wildman–Crippen MR) is 93.7 cm³/mol. The molecule has 2 amide bonds. The van der Waals surface area contributed by atoms with E-state index < -0.39 is 9.84 Å². The van der Waals surface area contributed by atoms with E-state index in [4.69, 9.17) is 0 Å². The van der Waals surface area contributed by atoms with Gasteiger partial charge in [0.15, 0.2) is 0 Å². The molecule has 24 heavy (non-hydrogen) atoms. The Morgan fingerprint density at radius 2 is 1.88 bits per heavy atom. The van der Waals surface area contributed by atoms with Crippen molar-refractivity contribution in [2.45, 2.75) is 32.1 Å². The molecule has 0 spiro atoms. The summed E-state index contributed by atoms with van der Waals surface area (Å²) in [5, 5.41) is 5.44. The molecule has 1 saturated carbocycles. The minimum absolute atomic E-state index is 0.00401. The van der Waals surface area contributed by atoms with Crippen LogP contribution in [0.15, 0.2) is 24.3 Å². The minimum atomic E-state index is -3.11. The second-order valence-corrected chi connectivity index (χ2v) is 8.55.